The van der Waals surface area contributed by atoms with Crippen molar-refractivity contribution >= 4 is 0 Å². The van der Waals surface area contributed by atoms with E-state index in [9.17, 15) is 0 Å². The van der Waals surface area contributed by atoms with Gasteiger partial charge in [0.2, 0.25) is 0 Å². The smallest absolute Gasteiger partial charge is 0.124 e. The van der Waals surface area contributed by atoms with Crippen molar-refractivity contribution in [3.8, 4) is 5.75 Å². The van der Waals surface area contributed by atoms with Crippen LogP contribution in [0.25, 0.3) is 0 Å². The first-order valence-electron chi connectivity index (χ1n) is 7.83. The van der Waals surface area contributed by atoms with E-state index in [2.05, 4.69) is 24.8 Å². The van der Waals surface area contributed by atoms with Crippen molar-refractivity contribution in [3.05, 3.63) is 29.8 Å². The van der Waals surface area contributed by atoms with Crippen LogP contribution in [0, 0.1) is 5.92 Å². The average Bonchev–Trinajstić information content (AvgIpc) is 2.44. The van der Waals surface area contributed by atoms with Gasteiger partial charge in [0.1, 0.15) is 5.75 Å². The molecule has 2 N–H and O–H groups in total. The molecule has 1 aromatic rings. The standard InChI is InChI=1S/C17H28N2O/c1-4-20-17-8-6-5-7-15(17)16(18)12-19-11-13(2)9-10-14(19)3/h5-8,13-14,16H,4,9-12,18H2,1-3H3. The summed E-state index contributed by atoms with van der Waals surface area (Å²) < 4.78 is 5.70. The van der Waals surface area contributed by atoms with E-state index in [1.807, 2.05) is 25.1 Å². The number of hydrogen-bond donors (Lipinski definition) is 1. The monoisotopic (exact) mass is 276 g/mol. The number of nitrogens with zero attached hydrogens (tertiary/aromatic N) is 1. The molecule has 1 aliphatic heterocycles. The number of rotatable bonds is 5. The number of piperidine rings is 1. The zero-order valence-corrected chi connectivity index (χ0v) is 13.0. The Morgan fingerprint density at radius 3 is 2.80 bits per heavy atom. The van der Waals surface area contributed by atoms with Crippen LogP contribution in [0.15, 0.2) is 24.3 Å². The molecule has 1 aromatic carbocycles. The summed E-state index contributed by atoms with van der Waals surface area (Å²) in [5, 5.41) is 0. The van der Waals surface area contributed by atoms with Crippen molar-refractivity contribution in [1.29, 1.82) is 0 Å². The van der Waals surface area contributed by atoms with Crippen molar-refractivity contribution in [3.63, 3.8) is 0 Å². The highest BCUT2D eigenvalue weighted by atomic mass is 16.5. The highest BCUT2D eigenvalue weighted by Crippen LogP contribution is 2.27. The van der Waals surface area contributed by atoms with Crippen LogP contribution in [0.3, 0.4) is 0 Å². The molecule has 0 bridgehead atoms. The summed E-state index contributed by atoms with van der Waals surface area (Å²) in [6.45, 7) is 9.41. The third kappa shape index (κ3) is 3.74. The molecule has 3 nitrogen and oxygen atoms in total. The molecule has 0 aliphatic carbocycles. The predicted molar refractivity (Wildman–Crippen MR) is 84.0 cm³/mol. The summed E-state index contributed by atoms with van der Waals surface area (Å²) in [6.07, 6.45) is 2.61. The molecule has 1 saturated heterocycles. The van der Waals surface area contributed by atoms with Crippen LogP contribution in [-0.2, 0) is 0 Å². The van der Waals surface area contributed by atoms with Gasteiger partial charge in [0, 0.05) is 30.7 Å². The molecule has 2 rings (SSSR count). The lowest BCUT2D eigenvalue weighted by atomic mass is 9.94. The van der Waals surface area contributed by atoms with Crippen LogP contribution in [0.5, 0.6) is 5.75 Å². The minimum absolute atomic E-state index is 0.0190. The SMILES string of the molecule is CCOc1ccccc1C(N)CN1CC(C)CCC1C. The zero-order chi connectivity index (χ0) is 14.5. The van der Waals surface area contributed by atoms with Crippen molar-refractivity contribution in [2.75, 3.05) is 19.7 Å². The molecular weight excluding hydrogens is 248 g/mol. The van der Waals surface area contributed by atoms with E-state index in [-0.39, 0.29) is 6.04 Å². The molecule has 1 aliphatic rings. The first-order valence-corrected chi connectivity index (χ1v) is 7.83. The summed E-state index contributed by atoms with van der Waals surface area (Å²) >= 11 is 0. The third-order valence-corrected chi connectivity index (χ3v) is 4.30. The van der Waals surface area contributed by atoms with Crippen LogP contribution in [0.4, 0.5) is 0 Å². The summed E-state index contributed by atoms with van der Waals surface area (Å²) in [6, 6.07) is 8.81. The quantitative estimate of drug-likeness (QED) is 0.897. The maximum atomic E-state index is 6.44. The molecule has 0 aromatic heterocycles. The summed E-state index contributed by atoms with van der Waals surface area (Å²) in [5.74, 6) is 1.71. The Bertz CT molecular complexity index is 421. The molecule has 3 heteroatoms. The molecule has 112 valence electrons. The van der Waals surface area contributed by atoms with Gasteiger partial charge in [-0.1, -0.05) is 25.1 Å². The van der Waals surface area contributed by atoms with Gasteiger partial charge in [-0.15, -0.1) is 0 Å². The highest BCUT2D eigenvalue weighted by Gasteiger charge is 2.25. The fourth-order valence-corrected chi connectivity index (χ4v) is 3.06. The fourth-order valence-electron chi connectivity index (χ4n) is 3.06. The van der Waals surface area contributed by atoms with E-state index in [0.29, 0.717) is 12.6 Å². The molecule has 1 fully saturated rings. The molecule has 3 atom stereocenters. The Morgan fingerprint density at radius 2 is 2.05 bits per heavy atom. The average molecular weight is 276 g/mol. The van der Waals surface area contributed by atoms with Gasteiger partial charge in [-0.25, -0.2) is 0 Å². The number of para-hydroxylation sites is 1. The van der Waals surface area contributed by atoms with E-state index in [4.69, 9.17) is 10.5 Å². The zero-order valence-electron chi connectivity index (χ0n) is 13.0. The number of nitrogens with two attached hydrogens (primary N) is 1. The number of benzene rings is 1. The lowest BCUT2D eigenvalue weighted by molar-refractivity contribution is 0.117. The number of hydrogen-bond acceptors (Lipinski definition) is 3. The van der Waals surface area contributed by atoms with Gasteiger partial charge in [-0.3, -0.25) is 4.90 Å². The predicted octanol–water partition coefficient (Wildman–Crippen LogP) is 3.21. The van der Waals surface area contributed by atoms with Crippen LogP contribution in [-0.4, -0.2) is 30.6 Å². The second-order valence-corrected chi connectivity index (χ2v) is 6.06. The van der Waals surface area contributed by atoms with E-state index < -0.39 is 0 Å². The molecule has 3 unspecified atom stereocenters. The highest BCUT2D eigenvalue weighted by molar-refractivity contribution is 5.36. The van der Waals surface area contributed by atoms with Crippen LogP contribution < -0.4 is 10.5 Å². The second-order valence-electron chi connectivity index (χ2n) is 6.06. The maximum absolute atomic E-state index is 6.44. The van der Waals surface area contributed by atoms with Crippen molar-refractivity contribution in [1.82, 2.24) is 4.90 Å². The minimum atomic E-state index is 0.0190. The summed E-state index contributed by atoms with van der Waals surface area (Å²) in [4.78, 5) is 2.53. The van der Waals surface area contributed by atoms with Crippen LogP contribution in [0.2, 0.25) is 0 Å². The van der Waals surface area contributed by atoms with Crippen molar-refractivity contribution in [2.45, 2.75) is 45.7 Å². The van der Waals surface area contributed by atoms with Gasteiger partial charge < -0.3 is 10.5 Å². The lowest BCUT2D eigenvalue weighted by Crippen LogP contribution is -2.44. The molecule has 0 spiro atoms. The Morgan fingerprint density at radius 1 is 1.30 bits per heavy atom. The van der Waals surface area contributed by atoms with Gasteiger partial charge in [-0.05, 0) is 38.7 Å². The Balaban J connectivity index is 2.05. The second kappa shape index (κ2) is 7.09. The third-order valence-electron chi connectivity index (χ3n) is 4.30. The Kier molecular flexibility index (Phi) is 5.44. The first-order chi connectivity index (χ1) is 9.61. The van der Waals surface area contributed by atoms with E-state index in [1.165, 1.54) is 12.8 Å². The van der Waals surface area contributed by atoms with Crippen molar-refractivity contribution < 1.29 is 4.74 Å². The molecule has 20 heavy (non-hydrogen) atoms. The van der Waals surface area contributed by atoms with E-state index >= 15 is 0 Å². The fraction of sp³-hybridized carbons (Fsp3) is 0.647. The maximum Gasteiger partial charge on any atom is 0.124 e. The van der Waals surface area contributed by atoms with Gasteiger partial charge in [0.25, 0.3) is 0 Å². The van der Waals surface area contributed by atoms with Gasteiger partial charge in [0.15, 0.2) is 0 Å². The lowest BCUT2D eigenvalue weighted by Gasteiger charge is -2.38. The van der Waals surface area contributed by atoms with Gasteiger partial charge in [0.05, 0.1) is 6.61 Å². The van der Waals surface area contributed by atoms with Crippen molar-refractivity contribution in [2.24, 2.45) is 11.7 Å². The normalized spacial score (nSPS) is 25.4. The molecule has 0 radical (unpaired) electrons. The molecule has 1 heterocycles. The molecular formula is C17H28N2O. The van der Waals surface area contributed by atoms with Crippen LogP contribution >= 0.6 is 0 Å². The number of likely N-dealkylation sites (tertiary alicyclic amines) is 1. The van der Waals surface area contributed by atoms with E-state index in [0.717, 1.165) is 30.3 Å². The number of ether oxygens (including phenoxy) is 1. The minimum Gasteiger partial charge on any atom is -0.494 e. The van der Waals surface area contributed by atoms with Gasteiger partial charge >= 0.3 is 0 Å². The first kappa shape index (κ1) is 15.3. The Labute approximate surface area is 123 Å². The van der Waals surface area contributed by atoms with Gasteiger partial charge in [-0.2, -0.15) is 0 Å². The van der Waals surface area contributed by atoms with E-state index in [1.54, 1.807) is 0 Å². The Hall–Kier alpha value is -1.06. The van der Waals surface area contributed by atoms with Crippen LogP contribution in [0.1, 0.15) is 45.2 Å². The molecule has 0 amide bonds. The topological polar surface area (TPSA) is 38.5 Å². The largest absolute Gasteiger partial charge is 0.494 e. The molecule has 0 saturated carbocycles. The summed E-state index contributed by atoms with van der Waals surface area (Å²) in [7, 11) is 0. The summed E-state index contributed by atoms with van der Waals surface area (Å²) in [5.41, 5.74) is 7.57.